The fourth-order valence-corrected chi connectivity index (χ4v) is 2.54. The Balaban J connectivity index is 1.84. The molecule has 1 aromatic rings. The first-order chi connectivity index (χ1) is 11.1. The van der Waals surface area contributed by atoms with Crippen molar-refractivity contribution in [3.05, 3.63) is 29.8 Å². The van der Waals surface area contributed by atoms with Crippen LogP contribution in [0.1, 0.15) is 43.5 Å². The zero-order chi connectivity index (χ0) is 16.7. The second kappa shape index (κ2) is 8.67. The fraction of sp³-hybridized carbons (Fsp3) is 0.556. The number of nitrogens with one attached hydrogen (secondary N) is 1. The third-order valence-corrected chi connectivity index (χ3v) is 3.71. The smallest absolute Gasteiger partial charge is 0.253 e. The highest BCUT2D eigenvalue weighted by atomic mass is 16.5. The van der Waals surface area contributed by atoms with Crippen LogP contribution in [0.4, 0.5) is 5.69 Å². The SMILES string of the molecule is CC(C)COCCC(=O)Nc1cccc(C(=O)N2CCCC2)c1. The summed E-state index contributed by atoms with van der Waals surface area (Å²) >= 11 is 0. The number of anilines is 1. The van der Waals surface area contributed by atoms with Crippen molar-refractivity contribution in [1.82, 2.24) is 4.90 Å². The van der Waals surface area contributed by atoms with Crippen LogP contribution < -0.4 is 5.32 Å². The fourth-order valence-electron chi connectivity index (χ4n) is 2.54. The van der Waals surface area contributed by atoms with E-state index in [0.29, 0.717) is 36.8 Å². The molecule has 0 radical (unpaired) electrons. The summed E-state index contributed by atoms with van der Waals surface area (Å²) in [4.78, 5) is 26.1. The first-order valence-corrected chi connectivity index (χ1v) is 8.33. The van der Waals surface area contributed by atoms with Gasteiger partial charge in [-0.05, 0) is 37.0 Å². The van der Waals surface area contributed by atoms with Crippen LogP contribution >= 0.6 is 0 Å². The second-order valence-corrected chi connectivity index (χ2v) is 6.35. The predicted molar refractivity (Wildman–Crippen MR) is 90.5 cm³/mol. The van der Waals surface area contributed by atoms with Crippen LogP contribution in [0.5, 0.6) is 0 Å². The average Bonchev–Trinajstić information content (AvgIpc) is 3.05. The second-order valence-electron chi connectivity index (χ2n) is 6.35. The van der Waals surface area contributed by atoms with Gasteiger partial charge in [0.15, 0.2) is 0 Å². The Morgan fingerprint density at radius 3 is 2.70 bits per heavy atom. The van der Waals surface area contributed by atoms with Crippen LogP contribution in [0.15, 0.2) is 24.3 Å². The van der Waals surface area contributed by atoms with Gasteiger partial charge in [-0.1, -0.05) is 19.9 Å². The Hall–Kier alpha value is -1.88. The number of carbonyl (C=O) groups is 2. The molecule has 1 saturated heterocycles. The van der Waals surface area contributed by atoms with E-state index in [2.05, 4.69) is 19.2 Å². The molecule has 0 saturated carbocycles. The Morgan fingerprint density at radius 1 is 1.26 bits per heavy atom. The molecule has 5 nitrogen and oxygen atoms in total. The molecule has 2 rings (SSSR count). The normalized spacial score (nSPS) is 14.3. The van der Waals surface area contributed by atoms with Gasteiger partial charge < -0.3 is 15.0 Å². The summed E-state index contributed by atoms with van der Waals surface area (Å²) in [6.07, 6.45) is 2.45. The van der Waals surface area contributed by atoms with Crippen molar-refractivity contribution in [2.24, 2.45) is 5.92 Å². The van der Waals surface area contributed by atoms with Crippen molar-refractivity contribution >= 4 is 17.5 Å². The predicted octanol–water partition coefficient (Wildman–Crippen LogP) is 2.92. The van der Waals surface area contributed by atoms with Gasteiger partial charge in [0.1, 0.15) is 0 Å². The Labute approximate surface area is 138 Å². The molecule has 0 bridgehead atoms. The monoisotopic (exact) mass is 318 g/mol. The topological polar surface area (TPSA) is 58.6 Å². The highest BCUT2D eigenvalue weighted by molar-refractivity contribution is 5.97. The zero-order valence-electron chi connectivity index (χ0n) is 14.0. The van der Waals surface area contributed by atoms with E-state index in [9.17, 15) is 9.59 Å². The number of benzene rings is 1. The highest BCUT2D eigenvalue weighted by Crippen LogP contribution is 2.16. The maximum atomic E-state index is 12.4. The lowest BCUT2D eigenvalue weighted by Crippen LogP contribution is -2.27. The highest BCUT2D eigenvalue weighted by Gasteiger charge is 2.19. The lowest BCUT2D eigenvalue weighted by atomic mass is 10.1. The summed E-state index contributed by atoms with van der Waals surface area (Å²) < 4.78 is 5.41. The van der Waals surface area contributed by atoms with Crippen molar-refractivity contribution in [3.8, 4) is 0 Å². The van der Waals surface area contributed by atoms with Crippen molar-refractivity contribution in [3.63, 3.8) is 0 Å². The van der Waals surface area contributed by atoms with Crippen molar-refractivity contribution in [1.29, 1.82) is 0 Å². The quantitative estimate of drug-likeness (QED) is 0.786. The van der Waals surface area contributed by atoms with Crippen molar-refractivity contribution in [2.75, 3.05) is 31.6 Å². The van der Waals surface area contributed by atoms with Gasteiger partial charge in [0.25, 0.3) is 5.91 Å². The van der Waals surface area contributed by atoms with E-state index in [1.54, 1.807) is 24.3 Å². The lowest BCUT2D eigenvalue weighted by Gasteiger charge is -2.15. The molecule has 1 N–H and O–H groups in total. The Kier molecular flexibility index (Phi) is 6.59. The first-order valence-electron chi connectivity index (χ1n) is 8.33. The summed E-state index contributed by atoms with van der Waals surface area (Å²) in [5, 5.41) is 2.83. The molecule has 1 heterocycles. The molecule has 2 amide bonds. The Morgan fingerprint density at radius 2 is 2.00 bits per heavy atom. The van der Waals surface area contributed by atoms with Crippen LogP contribution in [0.25, 0.3) is 0 Å². The molecule has 0 aromatic heterocycles. The van der Waals surface area contributed by atoms with Crippen LogP contribution in [0, 0.1) is 5.92 Å². The molecule has 0 unspecified atom stereocenters. The summed E-state index contributed by atoms with van der Waals surface area (Å²) in [6.45, 7) is 6.86. The van der Waals surface area contributed by atoms with Crippen molar-refractivity contribution < 1.29 is 14.3 Å². The number of amides is 2. The maximum Gasteiger partial charge on any atom is 0.253 e. The molecule has 5 heteroatoms. The van der Waals surface area contributed by atoms with E-state index < -0.39 is 0 Å². The van der Waals surface area contributed by atoms with Gasteiger partial charge in [-0.15, -0.1) is 0 Å². The lowest BCUT2D eigenvalue weighted by molar-refractivity contribution is -0.117. The summed E-state index contributed by atoms with van der Waals surface area (Å²) in [5.41, 5.74) is 1.28. The van der Waals surface area contributed by atoms with E-state index in [0.717, 1.165) is 25.9 Å². The minimum atomic E-state index is -0.0977. The van der Waals surface area contributed by atoms with Gasteiger partial charge in [0.05, 0.1) is 13.0 Å². The van der Waals surface area contributed by atoms with E-state index >= 15 is 0 Å². The number of hydrogen-bond donors (Lipinski definition) is 1. The molecular formula is C18H26N2O3. The number of rotatable bonds is 7. The van der Waals surface area contributed by atoms with Gasteiger partial charge in [-0.3, -0.25) is 9.59 Å². The molecule has 1 fully saturated rings. The molecule has 1 aliphatic heterocycles. The number of likely N-dealkylation sites (tertiary alicyclic amines) is 1. The summed E-state index contributed by atoms with van der Waals surface area (Å²) in [5.74, 6) is 0.407. The van der Waals surface area contributed by atoms with E-state index in [-0.39, 0.29) is 11.8 Å². The summed E-state index contributed by atoms with van der Waals surface area (Å²) in [6, 6.07) is 7.14. The number of hydrogen-bond acceptors (Lipinski definition) is 3. The maximum absolute atomic E-state index is 12.4. The number of carbonyl (C=O) groups excluding carboxylic acids is 2. The first kappa shape index (κ1) is 17.5. The molecule has 0 aliphatic carbocycles. The molecule has 0 spiro atoms. The van der Waals surface area contributed by atoms with Crippen LogP contribution in [0.2, 0.25) is 0 Å². The standard InChI is InChI=1S/C18H26N2O3/c1-14(2)13-23-11-8-17(21)19-16-7-5-6-15(12-16)18(22)20-9-3-4-10-20/h5-7,12,14H,3-4,8-11,13H2,1-2H3,(H,19,21). The van der Waals surface area contributed by atoms with Crippen LogP contribution in [0.3, 0.4) is 0 Å². The molecular weight excluding hydrogens is 292 g/mol. The molecule has 0 atom stereocenters. The third-order valence-electron chi connectivity index (χ3n) is 3.71. The average molecular weight is 318 g/mol. The van der Waals surface area contributed by atoms with Gasteiger partial charge in [-0.2, -0.15) is 0 Å². The third kappa shape index (κ3) is 5.67. The van der Waals surface area contributed by atoms with Crippen LogP contribution in [-0.2, 0) is 9.53 Å². The van der Waals surface area contributed by atoms with Gasteiger partial charge in [-0.25, -0.2) is 0 Å². The van der Waals surface area contributed by atoms with Gasteiger partial charge in [0.2, 0.25) is 5.91 Å². The van der Waals surface area contributed by atoms with Gasteiger partial charge in [0, 0.05) is 30.9 Å². The largest absolute Gasteiger partial charge is 0.381 e. The molecule has 126 valence electrons. The van der Waals surface area contributed by atoms with Crippen LogP contribution in [-0.4, -0.2) is 43.0 Å². The van der Waals surface area contributed by atoms with Crippen molar-refractivity contribution in [2.45, 2.75) is 33.1 Å². The van der Waals surface area contributed by atoms with E-state index in [1.165, 1.54) is 0 Å². The van der Waals surface area contributed by atoms with E-state index in [4.69, 9.17) is 4.74 Å². The summed E-state index contributed by atoms with van der Waals surface area (Å²) in [7, 11) is 0. The number of nitrogens with zero attached hydrogens (tertiary/aromatic N) is 1. The number of ether oxygens (including phenoxy) is 1. The molecule has 23 heavy (non-hydrogen) atoms. The zero-order valence-corrected chi connectivity index (χ0v) is 14.0. The Bertz CT molecular complexity index is 537. The minimum Gasteiger partial charge on any atom is -0.381 e. The minimum absolute atomic E-state index is 0.0406. The molecule has 1 aromatic carbocycles. The van der Waals surface area contributed by atoms with Gasteiger partial charge >= 0.3 is 0 Å². The molecule has 1 aliphatic rings. The van der Waals surface area contributed by atoms with E-state index in [1.807, 2.05) is 4.90 Å².